The Morgan fingerprint density at radius 3 is 2.73 bits per heavy atom. The predicted molar refractivity (Wildman–Crippen MR) is 59.8 cm³/mol. The molecule has 1 saturated heterocycles. The molecule has 1 aliphatic rings. The minimum Gasteiger partial charge on any atom is -0.447 e. The minimum atomic E-state index is -0.156. The lowest BCUT2D eigenvalue weighted by molar-refractivity contribution is 0.151. The van der Waals surface area contributed by atoms with Crippen LogP contribution in [0.1, 0.15) is 20.8 Å². The Hall–Kier alpha value is -0.770. The number of nitrogens with one attached hydrogen (secondary N) is 1. The normalized spacial score (nSPS) is 23.4. The van der Waals surface area contributed by atoms with Crippen molar-refractivity contribution in [1.29, 1.82) is 0 Å². The molecule has 1 rings (SSSR count). The number of carbonyl (C=O) groups excluding carboxylic acids is 1. The number of amides is 1. The van der Waals surface area contributed by atoms with Gasteiger partial charge < -0.3 is 15.0 Å². The number of hydrogen-bond acceptors (Lipinski definition) is 3. The second-order valence-electron chi connectivity index (χ2n) is 4.70. The average Bonchev–Trinajstić information content (AvgIpc) is 2.48. The van der Waals surface area contributed by atoms with Crippen LogP contribution < -0.4 is 5.32 Å². The van der Waals surface area contributed by atoms with Gasteiger partial charge in [0.2, 0.25) is 0 Å². The Morgan fingerprint density at radius 2 is 2.20 bits per heavy atom. The van der Waals surface area contributed by atoms with Crippen LogP contribution in [0.4, 0.5) is 4.79 Å². The van der Waals surface area contributed by atoms with E-state index in [2.05, 4.69) is 26.1 Å². The zero-order valence-electron chi connectivity index (χ0n) is 10.1. The second-order valence-corrected chi connectivity index (χ2v) is 4.70. The number of nitrogens with zero attached hydrogens (tertiary/aromatic N) is 1. The highest BCUT2D eigenvalue weighted by atomic mass is 16.6. The molecular formula is C11H22N2O2. The molecule has 1 N–H and O–H groups in total. The Balaban J connectivity index is 2.52. The molecule has 0 aromatic carbocycles. The molecule has 88 valence electrons. The van der Waals surface area contributed by atoms with E-state index in [9.17, 15) is 4.79 Å². The van der Waals surface area contributed by atoms with E-state index in [1.54, 1.807) is 0 Å². The lowest BCUT2D eigenvalue weighted by atomic mass is 10.0. The van der Waals surface area contributed by atoms with Crippen LogP contribution in [0.2, 0.25) is 0 Å². The van der Waals surface area contributed by atoms with Gasteiger partial charge in [-0.25, -0.2) is 4.79 Å². The summed E-state index contributed by atoms with van der Waals surface area (Å²) in [6.45, 7) is 8.64. The maximum Gasteiger partial charge on any atom is 0.410 e. The van der Waals surface area contributed by atoms with E-state index in [4.69, 9.17) is 4.74 Å². The van der Waals surface area contributed by atoms with Gasteiger partial charge in [-0.05, 0) is 25.4 Å². The summed E-state index contributed by atoms with van der Waals surface area (Å²) < 4.78 is 5.09. The molecule has 0 bridgehead atoms. The lowest BCUT2D eigenvalue weighted by Crippen LogP contribution is -2.41. The summed E-state index contributed by atoms with van der Waals surface area (Å²) in [5.74, 6) is 0.917. The number of cyclic esters (lactones) is 1. The Morgan fingerprint density at radius 1 is 1.53 bits per heavy atom. The van der Waals surface area contributed by atoms with E-state index in [1.807, 2.05) is 11.9 Å². The molecule has 0 aromatic rings. The fourth-order valence-electron chi connectivity index (χ4n) is 1.98. The summed E-state index contributed by atoms with van der Waals surface area (Å²) >= 11 is 0. The van der Waals surface area contributed by atoms with Gasteiger partial charge >= 0.3 is 6.09 Å². The van der Waals surface area contributed by atoms with Crippen molar-refractivity contribution in [2.75, 3.05) is 26.7 Å². The lowest BCUT2D eigenvalue weighted by Gasteiger charge is -2.26. The first-order valence-corrected chi connectivity index (χ1v) is 5.64. The average molecular weight is 214 g/mol. The highest BCUT2D eigenvalue weighted by Gasteiger charge is 2.35. The Labute approximate surface area is 92.0 Å². The number of carbonyl (C=O) groups is 1. The molecule has 4 nitrogen and oxygen atoms in total. The molecule has 1 heterocycles. The minimum absolute atomic E-state index is 0.156. The van der Waals surface area contributed by atoms with Crippen LogP contribution in [0.5, 0.6) is 0 Å². The van der Waals surface area contributed by atoms with Crippen LogP contribution in [0.15, 0.2) is 0 Å². The Bertz CT molecular complexity index is 219. The van der Waals surface area contributed by atoms with Crippen molar-refractivity contribution in [3.8, 4) is 0 Å². The standard InChI is InChI=1S/C11H22N2O2/c1-8(2)10-7-15-11(14)13(10)6-9(3)5-12-4/h8-10,12H,5-7H2,1-4H3. The summed E-state index contributed by atoms with van der Waals surface area (Å²) in [4.78, 5) is 13.4. The SMILES string of the molecule is CNCC(C)CN1C(=O)OCC1C(C)C. The van der Waals surface area contributed by atoms with Gasteiger partial charge in [0.1, 0.15) is 6.61 Å². The van der Waals surface area contributed by atoms with Gasteiger partial charge in [-0.15, -0.1) is 0 Å². The second kappa shape index (κ2) is 5.35. The molecule has 1 fully saturated rings. The van der Waals surface area contributed by atoms with Gasteiger partial charge in [-0.2, -0.15) is 0 Å². The van der Waals surface area contributed by atoms with E-state index in [-0.39, 0.29) is 12.1 Å². The van der Waals surface area contributed by atoms with E-state index in [0.717, 1.165) is 13.1 Å². The predicted octanol–water partition coefficient (Wildman–Crippen LogP) is 1.32. The molecule has 0 aromatic heterocycles. The fourth-order valence-corrected chi connectivity index (χ4v) is 1.98. The monoisotopic (exact) mass is 214 g/mol. The first-order chi connectivity index (χ1) is 7.06. The van der Waals surface area contributed by atoms with E-state index in [0.29, 0.717) is 18.4 Å². The van der Waals surface area contributed by atoms with Gasteiger partial charge in [-0.1, -0.05) is 20.8 Å². The van der Waals surface area contributed by atoms with Crippen LogP contribution in [-0.4, -0.2) is 43.8 Å². The largest absolute Gasteiger partial charge is 0.447 e. The first-order valence-electron chi connectivity index (χ1n) is 5.64. The van der Waals surface area contributed by atoms with Gasteiger partial charge in [0, 0.05) is 6.54 Å². The topological polar surface area (TPSA) is 41.6 Å². The van der Waals surface area contributed by atoms with Crippen molar-refractivity contribution in [3.05, 3.63) is 0 Å². The molecule has 1 amide bonds. The zero-order chi connectivity index (χ0) is 11.4. The summed E-state index contributed by atoms with van der Waals surface area (Å²) in [6, 6.07) is 0.247. The summed E-state index contributed by atoms with van der Waals surface area (Å²) in [6.07, 6.45) is -0.156. The molecule has 0 spiro atoms. The van der Waals surface area contributed by atoms with Crippen molar-refractivity contribution < 1.29 is 9.53 Å². The molecule has 4 heteroatoms. The third kappa shape index (κ3) is 3.09. The third-order valence-corrected chi connectivity index (χ3v) is 2.84. The molecule has 2 atom stereocenters. The van der Waals surface area contributed by atoms with Crippen LogP contribution in [-0.2, 0) is 4.74 Å². The number of rotatable bonds is 5. The summed E-state index contributed by atoms with van der Waals surface area (Å²) in [7, 11) is 1.93. The molecule has 0 saturated carbocycles. The smallest absolute Gasteiger partial charge is 0.410 e. The third-order valence-electron chi connectivity index (χ3n) is 2.84. The van der Waals surface area contributed by atoms with E-state index in [1.165, 1.54) is 0 Å². The summed E-state index contributed by atoms with van der Waals surface area (Å²) in [5.41, 5.74) is 0. The molecular weight excluding hydrogens is 192 g/mol. The quantitative estimate of drug-likeness (QED) is 0.750. The number of hydrogen-bond donors (Lipinski definition) is 1. The highest BCUT2D eigenvalue weighted by Crippen LogP contribution is 2.20. The van der Waals surface area contributed by atoms with Crippen LogP contribution >= 0.6 is 0 Å². The van der Waals surface area contributed by atoms with Crippen LogP contribution in [0.3, 0.4) is 0 Å². The van der Waals surface area contributed by atoms with Crippen molar-refractivity contribution in [1.82, 2.24) is 10.2 Å². The number of ether oxygens (including phenoxy) is 1. The van der Waals surface area contributed by atoms with Crippen LogP contribution in [0, 0.1) is 11.8 Å². The van der Waals surface area contributed by atoms with E-state index < -0.39 is 0 Å². The molecule has 2 unspecified atom stereocenters. The van der Waals surface area contributed by atoms with Gasteiger partial charge in [0.05, 0.1) is 6.04 Å². The van der Waals surface area contributed by atoms with Crippen molar-refractivity contribution in [2.24, 2.45) is 11.8 Å². The van der Waals surface area contributed by atoms with Crippen molar-refractivity contribution in [3.63, 3.8) is 0 Å². The van der Waals surface area contributed by atoms with Gasteiger partial charge in [-0.3, -0.25) is 0 Å². The van der Waals surface area contributed by atoms with Crippen molar-refractivity contribution >= 4 is 6.09 Å². The van der Waals surface area contributed by atoms with Crippen LogP contribution in [0.25, 0.3) is 0 Å². The molecule has 1 aliphatic heterocycles. The van der Waals surface area contributed by atoms with Crippen molar-refractivity contribution in [2.45, 2.75) is 26.8 Å². The highest BCUT2D eigenvalue weighted by molar-refractivity contribution is 5.70. The van der Waals surface area contributed by atoms with Gasteiger partial charge in [0.15, 0.2) is 0 Å². The zero-order valence-corrected chi connectivity index (χ0v) is 10.1. The maximum atomic E-state index is 11.5. The maximum absolute atomic E-state index is 11.5. The molecule has 15 heavy (non-hydrogen) atoms. The fraction of sp³-hybridized carbons (Fsp3) is 0.909. The Kier molecular flexibility index (Phi) is 4.39. The summed E-state index contributed by atoms with van der Waals surface area (Å²) in [5, 5.41) is 3.12. The van der Waals surface area contributed by atoms with Gasteiger partial charge in [0.25, 0.3) is 0 Å². The molecule has 0 aliphatic carbocycles. The van der Waals surface area contributed by atoms with E-state index >= 15 is 0 Å². The molecule has 0 radical (unpaired) electrons. The first kappa shape index (κ1) is 12.3.